The SMILES string of the molecule is COc1ccc2nc(Cl)c(C3CC(c4ccc(Cl)cc4)=NN3C(=O)c3ccccc3)cc2c1. The molecular formula is C26H19Cl2N3O2. The molecule has 164 valence electrons. The second kappa shape index (κ2) is 8.85. The third-order valence-electron chi connectivity index (χ3n) is 5.68. The highest BCUT2D eigenvalue weighted by Crippen LogP contribution is 2.38. The van der Waals surface area contributed by atoms with Gasteiger partial charge in [0.05, 0.1) is 24.4 Å². The molecule has 0 saturated carbocycles. The average molecular weight is 476 g/mol. The number of carbonyl (C=O) groups excluding carboxylic acids is 1. The molecule has 1 aliphatic heterocycles. The van der Waals surface area contributed by atoms with E-state index >= 15 is 0 Å². The van der Waals surface area contributed by atoms with Crippen molar-refractivity contribution in [3.05, 3.63) is 106 Å². The summed E-state index contributed by atoms with van der Waals surface area (Å²) < 4.78 is 5.36. The number of nitrogens with zero attached hydrogens (tertiary/aromatic N) is 3. The summed E-state index contributed by atoms with van der Waals surface area (Å²) in [6, 6.07) is 23.7. The fraction of sp³-hybridized carbons (Fsp3) is 0.115. The molecule has 1 amide bonds. The number of aromatic nitrogens is 1. The van der Waals surface area contributed by atoms with Gasteiger partial charge in [-0.25, -0.2) is 9.99 Å². The summed E-state index contributed by atoms with van der Waals surface area (Å²) in [5.74, 6) is 0.519. The Morgan fingerprint density at radius 3 is 2.48 bits per heavy atom. The van der Waals surface area contributed by atoms with Crippen molar-refractivity contribution in [1.82, 2.24) is 9.99 Å². The van der Waals surface area contributed by atoms with Gasteiger partial charge in [0.25, 0.3) is 5.91 Å². The molecule has 1 aromatic heterocycles. The smallest absolute Gasteiger partial charge is 0.274 e. The predicted molar refractivity (Wildman–Crippen MR) is 131 cm³/mol. The monoisotopic (exact) mass is 475 g/mol. The van der Waals surface area contributed by atoms with Crippen LogP contribution in [-0.2, 0) is 0 Å². The number of halogens is 2. The van der Waals surface area contributed by atoms with Gasteiger partial charge in [-0.05, 0) is 54.1 Å². The van der Waals surface area contributed by atoms with E-state index in [4.69, 9.17) is 33.0 Å². The quantitative estimate of drug-likeness (QED) is 0.314. The van der Waals surface area contributed by atoms with E-state index in [-0.39, 0.29) is 5.91 Å². The van der Waals surface area contributed by atoms with Crippen LogP contribution in [0, 0.1) is 0 Å². The molecule has 1 aliphatic rings. The Morgan fingerprint density at radius 2 is 1.76 bits per heavy atom. The van der Waals surface area contributed by atoms with Crippen molar-refractivity contribution in [2.24, 2.45) is 5.10 Å². The van der Waals surface area contributed by atoms with Crippen LogP contribution in [0.4, 0.5) is 0 Å². The van der Waals surface area contributed by atoms with Crippen LogP contribution in [0.3, 0.4) is 0 Å². The van der Waals surface area contributed by atoms with Crippen molar-refractivity contribution in [3.63, 3.8) is 0 Å². The van der Waals surface area contributed by atoms with Crippen molar-refractivity contribution >= 4 is 45.7 Å². The van der Waals surface area contributed by atoms with Crippen molar-refractivity contribution in [2.75, 3.05) is 7.11 Å². The first-order valence-corrected chi connectivity index (χ1v) is 11.2. The maximum absolute atomic E-state index is 13.5. The van der Waals surface area contributed by atoms with Crippen molar-refractivity contribution in [2.45, 2.75) is 12.5 Å². The van der Waals surface area contributed by atoms with Crippen LogP contribution in [0.2, 0.25) is 10.2 Å². The Hall–Kier alpha value is -3.41. The second-order valence-corrected chi connectivity index (χ2v) is 8.51. The Kier molecular flexibility index (Phi) is 5.75. The van der Waals surface area contributed by atoms with Crippen LogP contribution in [-0.4, -0.2) is 28.7 Å². The third kappa shape index (κ3) is 4.17. The third-order valence-corrected chi connectivity index (χ3v) is 6.23. The minimum atomic E-state index is -0.404. The maximum Gasteiger partial charge on any atom is 0.274 e. The lowest BCUT2D eigenvalue weighted by molar-refractivity contribution is 0.0711. The van der Waals surface area contributed by atoms with Gasteiger partial charge in [-0.15, -0.1) is 0 Å². The zero-order valence-electron chi connectivity index (χ0n) is 17.7. The van der Waals surface area contributed by atoms with Gasteiger partial charge in [0, 0.05) is 28.0 Å². The van der Waals surface area contributed by atoms with Gasteiger partial charge >= 0.3 is 0 Å². The highest BCUT2D eigenvalue weighted by atomic mass is 35.5. The molecule has 0 N–H and O–H groups in total. The van der Waals surface area contributed by atoms with Crippen LogP contribution < -0.4 is 4.74 Å². The van der Waals surface area contributed by atoms with E-state index in [0.29, 0.717) is 22.2 Å². The molecule has 0 bridgehead atoms. The van der Waals surface area contributed by atoms with Gasteiger partial charge < -0.3 is 4.74 Å². The summed E-state index contributed by atoms with van der Waals surface area (Å²) in [7, 11) is 1.62. The summed E-state index contributed by atoms with van der Waals surface area (Å²) in [5, 5.41) is 8.09. The lowest BCUT2D eigenvalue weighted by Crippen LogP contribution is -2.27. The molecule has 0 spiro atoms. The van der Waals surface area contributed by atoms with Crippen LogP contribution in [0.15, 0.2) is 84.0 Å². The molecule has 7 heteroatoms. The topological polar surface area (TPSA) is 54.8 Å². The van der Waals surface area contributed by atoms with Crippen LogP contribution in [0.5, 0.6) is 5.75 Å². The normalized spacial score (nSPS) is 15.5. The van der Waals surface area contributed by atoms with Gasteiger partial charge in [0.2, 0.25) is 0 Å². The first kappa shape index (κ1) is 21.4. The van der Waals surface area contributed by atoms with E-state index in [0.717, 1.165) is 33.5 Å². The lowest BCUT2D eigenvalue weighted by Gasteiger charge is -2.23. The molecule has 0 fully saturated rings. The number of benzene rings is 3. The standard InChI is InChI=1S/C26H19Cl2N3O2/c1-33-20-11-12-22-18(13-20)14-21(25(28)29-22)24-15-23(16-7-9-19(27)10-8-16)30-31(24)26(32)17-5-3-2-4-6-17/h2-14,24H,15H2,1H3. The average Bonchev–Trinajstić information content (AvgIpc) is 3.29. The maximum atomic E-state index is 13.5. The number of pyridine rings is 1. The number of rotatable bonds is 4. The summed E-state index contributed by atoms with van der Waals surface area (Å²) in [6.45, 7) is 0. The van der Waals surface area contributed by atoms with Crippen molar-refractivity contribution < 1.29 is 9.53 Å². The van der Waals surface area contributed by atoms with Gasteiger partial charge in [-0.1, -0.05) is 53.5 Å². The fourth-order valence-corrected chi connectivity index (χ4v) is 4.38. The molecule has 0 radical (unpaired) electrons. The summed E-state index contributed by atoms with van der Waals surface area (Å²) >= 11 is 12.7. The fourth-order valence-electron chi connectivity index (χ4n) is 3.98. The van der Waals surface area contributed by atoms with E-state index in [9.17, 15) is 4.79 Å². The van der Waals surface area contributed by atoms with Crippen LogP contribution >= 0.6 is 23.2 Å². The van der Waals surface area contributed by atoms with Crippen molar-refractivity contribution in [1.29, 1.82) is 0 Å². The number of methoxy groups -OCH3 is 1. The zero-order chi connectivity index (χ0) is 22.9. The Morgan fingerprint density at radius 1 is 1.00 bits per heavy atom. The molecule has 2 heterocycles. The number of ether oxygens (including phenoxy) is 1. The predicted octanol–water partition coefficient (Wildman–Crippen LogP) is 6.54. The highest BCUT2D eigenvalue weighted by molar-refractivity contribution is 6.31. The summed E-state index contributed by atoms with van der Waals surface area (Å²) in [6.07, 6.45) is 0.497. The number of fused-ring (bicyclic) bond motifs is 1. The molecule has 3 aromatic carbocycles. The number of amides is 1. The molecule has 0 aliphatic carbocycles. The highest BCUT2D eigenvalue weighted by Gasteiger charge is 2.35. The van der Waals surface area contributed by atoms with Gasteiger partial charge in [-0.2, -0.15) is 5.10 Å². The van der Waals surface area contributed by atoms with Gasteiger partial charge in [0.1, 0.15) is 10.9 Å². The minimum Gasteiger partial charge on any atom is -0.497 e. The first-order chi connectivity index (χ1) is 16.0. The van der Waals surface area contributed by atoms with Crippen LogP contribution in [0.25, 0.3) is 10.9 Å². The summed E-state index contributed by atoms with van der Waals surface area (Å²) in [5.41, 5.74) is 3.72. The molecule has 5 rings (SSSR count). The largest absolute Gasteiger partial charge is 0.497 e. The number of hydrazone groups is 1. The van der Waals surface area contributed by atoms with Crippen molar-refractivity contribution in [3.8, 4) is 5.75 Å². The molecule has 5 nitrogen and oxygen atoms in total. The van der Waals surface area contributed by atoms with E-state index in [1.807, 2.05) is 66.7 Å². The second-order valence-electron chi connectivity index (χ2n) is 7.72. The Bertz CT molecular complexity index is 1370. The Balaban J connectivity index is 1.60. The molecule has 1 atom stereocenters. The number of hydrogen-bond acceptors (Lipinski definition) is 4. The minimum absolute atomic E-state index is 0.202. The molecule has 1 unspecified atom stereocenters. The Labute approximate surface area is 201 Å². The van der Waals surface area contributed by atoms with E-state index < -0.39 is 6.04 Å². The lowest BCUT2D eigenvalue weighted by atomic mass is 9.98. The number of carbonyl (C=O) groups is 1. The molecule has 0 saturated heterocycles. The molecule has 33 heavy (non-hydrogen) atoms. The van der Waals surface area contributed by atoms with Crippen LogP contribution in [0.1, 0.15) is 33.9 Å². The van der Waals surface area contributed by atoms with Gasteiger partial charge in [0.15, 0.2) is 0 Å². The van der Waals surface area contributed by atoms with Gasteiger partial charge in [-0.3, -0.25) is 4.79 Å². The first-order valence-electron chi connectivity index (χ1n) is 10.4. The van der Waals surface area contributed by atoms with E-state index in [1.54, 1.807) is 19.2 Å². The zero-order valence-corrected chi connectivity index (χ0v) is 19.2. The number of hydrogen-bond donors (Lipinski definition) is 0. The van der Waals surface area contributed by atoms with E-state index in [1.165, 1.54) is 5.01 Å². The van der Waals surface area contributed by atoms with E-state index in [2.05, 4.69) is 4.98 Å². The molecular weight excluding hydrogens is 457 g/mol. The molecule has 4 aromatic rings. The summed E-state index contributed by atoms with van der Waals surface area (Å²) in [4.78, 5) is 18.0.